The zero-order valence-corrected chi connectivity index (χ0v) is 12.7. The molecule has 2 rings (SSSR count). The molecule has 0 spiro atoms. The molecule has 3 N–H and O–H groups in total. The average Bonchev–Trinajstić information content (AvgIpc) is 2.90. The molecule has 1 aromatic heterocycles. The molecule has 0 saturated heterocycles. The molecule has 19 heavy (non-hydrogen) atoms. The lowest BCUT2D eigenvalue weighted by Crippen LogP contribution is -2.22. The van der Waals surface area contributed by atoms with Gasteiger partial charge in [0, 0.05) is 11.8 Å². The van der Waals surface area contributed by atoms with E-state index in [-0.39, 0.29) is 24.0 Å². The molecular weight excluding hydrogens is 359 g/mol. The highest BCUT2D eigenvalue weighted by molar-refractivity contribution is 14.0. The summed E-state index contributed by atoms with van der Waals surface area (Å²) in [5.41, 5.74) is 7.32. The van der Waals surface area contributed by atoms with Crippen molar-refractivity contribution >= 4 is 35.6 Å². The molecular formula is C12H15IN4O2. The molecule has 0 aliphatic rings. The average molecular weight is 374 g/mol. The highest BCUT2D eigenvalue weighted by Crippen LogP contribution is 2.14. The quantitative estimate of drug-likeness (QED) is 0.487. The van der Waals surface area contributed by atoms with Gasteiger partial charge in [-0.2, -0.15) is 0 Å². The maximum absolute atomic E-state index is 5.74. The van der Waals surface area contributed by atoms with E-state index >= 15 is 0 Å². The number of aliphatic imine (C=N–C) groups is 1. The van der Waals surface area contributed by atoms with Crippen LogP contribution >= 0.6 is 24.0 Å². The normalized spacial score (nSPS) is 10.7. The van der Waals surface area contributed by atoms with Crippen LogP contribution in [0.5, 0.6) is 5.75 Å². The minimum absolute atomic E-state index is 0. The molecule has 0 atom stereocenters. The van der Waals surface area contributed by atoms with E-state index in [0.717, 1.165) is 17.1 Å². The van der Waals surface area contributed by atoms with Crippen molar-refractivity contribution in [2.75, 3.05) is 12.4 Å². The van der Waals surface area contributed by atoms with Gasteiger partial charge in [-0.25, -0.2) is 4.99 Å². The van der Waals surface area contributed by atoms with E-state index in [1.54, 1.807) is 13.2 Å². The molecule has 2 aromatic rings. The lowest BCUT2D eigenvalue weighted by molar-refractivity contribution is 0.412. The summed E-state index contributed by atoms with van der Waals surface area (Å²) >= 11 is 0. The molecule has 0 aliphatic heterocycles. The van der Waals surface area contributed by atoms with Crippen molar-refractivity contribution in [1.82, 2.24) is 5.16 Å². The van der Waals surface area contributed by atoms with E-state index < -0.39 is 0 Å². The lowest BCUT2D eigenvalue weighted by Gasteiger charge is -2.06. The Labute approximate surface area is 128 Å². The number of ether oxygens (including phenoxy) is 1. The van der Waals surface area contributed by atoms with Crippen LogP contribution in [0.4, 0.5) is 5.69 Å². The molecule has 0 amide bonds. The number of hydrogen-bond acceptors (Lipinski definition) is 4. The topological polar surface area (TPSA) is 85.7 Å². The number of nitrogens with one attached hydrogen (secondary N) is 1. The molecule has 0 radical (unpaired) electrons. The first-order valence-corrected chi connectivity index (χ1v) is 5.38. The third-order valence-electron chi connectivity index (χ3n) is 2.27. The summed E-state index contributed by atoms with van der Waals surface area (Å²) in [6, 6.07) is 9.14. The van der Waals surface area contributed by atoms with Gasteiger partial charge in [-0.3, -0.25) is 0 Å². The molecule has 7 heteroatoms. The number of rotatable bonds is 4. The Bertz CT molecular complexity index is 511. The van der Waals surface area contributed by atoms with Gasteiger partial charge in [0.25, 0.3) is 0 Å². The van der Waals surface area contributed by atoms with Gasteiger partial charge in [0.05, 0.1) is 13.7 Å². The van der Waals surface area contributed by atoms with Crippen LogP contribution in [0, 0.1) is 0 Å². The second-order valence-corrected chi connectivity index (χ2v) is 3.55. The van der Waals surface area contributed by atoms with Gasteiger partial charge in [-0.05, 0) is 24.3 Å². The third kappa shape index (κ3) is 4.78. The third-order valence-corrected chi connectivity index (χ3v) is 2.27. The Morgan fingerprint density at radius 1 is 1.37 bits per heavy atom. The molecule has 6 nitrogen and oxygen atoms in total. The summed E-state index contributed by atoms with van der Waals surface area (Å²) in [6.07, 6.45) is 1.50. The van der Waals surface area contributed by atoms with Crippen LogP contribution < -0.4 is 15.8 Å². The van der Waals surface area contributed by atoms with Gasteiger partial charge < -0.3 is 20.3 Å². The molecule has 0 saturated carbocycles. The van der Waals surface area contributed by atoms with E-state index in [9.17, 15) is 0 Å². The Hall–Kier alpha value is -1.77. The maximum atomic E-state index is 5.74. The smallest absolute Gasteiger partial charge is 0.193 e. The second-order valence-electron chi connectivity index (χ2n) is 3.55. The van der Waals surface area contributed by atoms with Gasteiger partial charge in [0.1, 0.15) is 17.7 Å². The van der Waals surface area contributed by atoms with Crippen LogP contribution in [0.1, 0.15) is 5.69 Å². The molecule has 1 aromatic carbocycles. The summed E-state index contributed by atoms with van der Waals surface area (Å²) in [7, 11) is 1.62. The molecule has 1 heterocycles. The van der Waals surface area contributed by atoms with Crippen LogP contribution in [0.3, 0.4) is 0 Å². The Balaban J connectivity index is 0.00000180. The van der Waals surface area contributed by atoms with Crippen molar-refractivity contribution in [3.8, 4) is 5.75 Å². The number of aromatic nitrogens is 1. The number of methoxy groups -OCH3 is 1. The van der Waals surface area contributed by atoms with Crippen LogP contribution in [-0.4, -0.2) is 18.2 Å². The van der Waals surface area contributed by atoms with E-state index in [1.165, 1.54) is 6.26 Å². The van der Waals surface area contributed by atoms with E-state index in [0.29, 0.717) is 12.5 Å². The van der Waals surface area contributed by atoms with Crippen molar-refractivity contribution < 1.29 is 9.26 Å². The van der Waals surface area contributed by atoms with Crippen LogP contribution in [0.25, 0.3) is 0 Å². The summed E-state index contributed by atoms with van der Waals surface area (Å²) < 4.78 is 9.76. The molecule has 0 bridgehead atoms. The maximum Gasteiger partial charge on any atom is 0.193 e. The van der Waals surface area contributed by atoms with Gasteiger partial charge in [-0.15, -0.1) is 24.0 Å². The van der Waals surface area contributed by atoms with E-state index in [4.69, 9.17) is 15.0 Å². The van der Waals surface area contributed by atoms with E-state index in [1.807, 2.05) is 24.3 Å². The Morgan fingerprint density at radius 2 is 2.11 bits per heavy atom. The van der Waals surface area contributed by atoms with E-state index in [2.05, 4.69) is 15.5 Å². The zero-order valence-electron chi connectivity index (χ0n) is 10.4. The van der Waals surface area contributed by atoms with Gasteiger partial charge in [0.15, 0.2) is 5.96 Å². The number of benzene rings is 1. The van der Waals surface area contributed by atoms with Crippen molar-refractivity contribution in [3.05, 3.63) is 42.3 Å². The highest BCUT2D eigenvalue weighted by atomic mass is 127. The zero-order chi connectivity index (χ0) is 12.8. The summed E-state index contributed by atoms with van der Waals surface area (Å²) in [5.74, 6) is 1.11. The molecule has 0 unspecified atom stereocenters. The first-order chi connectivity index (χ1) is 8.78. The Kier molecular flexibility index (Phi) is 6.13. The largest absolute Gasteiger partial charge is 0.497 e. The van der Waals surface area contributed by atoms with Crippen molar-refractivity contribution in [3.63, 3.8) is 0 Å². The Morgan fingerprint density at radius 3 is 2.68 bits per heavy atom. The first-order valence-electron chi connectivity index (χ1n) is 5.38. The molecule has 0 aliphatic carbocycles. The number of halogens is 1. The monoisotopic (exact) mass is 374 g/mol. The van der Waals surface area contributed by atoms with Crippen LogP contribution in [0.2, 0.25) is 0 Å². The summed E-state index contributed by atoms with van der Waals surface area (Å²) in [6.45, 7) is 0.380. The van der Waals surface area contributed by atoms with Crippen LogP contribution in [0.15, 0.2) is 46.1 Å². The predicted molar refractivity (Wildman–Crippen MR) is 83.9 cm³/mol. The minimum atomic E-state index is 0. The summed E-state index contributed by atoms with van der Waals surface area (Å²) in [4.78, 5) is 4.13. The highest BCUT2D eigenvalue weighted by Gasteiger charge is 1.98. The minimum Gasteiger partial charge on any atom is -0.497 e. The SMILES string of the molecule is COc1ccc(NC(N)=NCc2ccon2)cc1.I. The molecule has 0 fully saturated rings. The van der Waals surface area contributed by atoms with Crippen molar-refractivity contribution in [2.24, 2.45) is 10.7 Å². The number of nitrogens with two attached hydrogens (primary N) is 1. The van der Waals surface area contributed by atoms with Crippen LogP contribution in [-0.2, 0) is 6.54 Å². The number of hydrogen-bond donors (Lipinski definition) is 2. The van der Waals surface area contributed by atoms with Gasteiger partial charge >= 0.3 is 0 Å². The predicted octanol–water partition coefficient (Wildman–Crippen LogP) is 2.23. The standard InChI is InChI=1S/C12H14N4O2.HI/c1-17-11-4-2-9(3-5-11)15-12(13)14-8-10-6-7-18-16-10;/h2-7H,8H2,1H3,(H3,13,14,15);1H. The fourth-order valence-corrected chi connectivity index (χ4v) is 1.35. The second kappa shape index (κ2) is 7.62. The summed E-state index contributed by atoms with van der Waals surface area (Å²) in [5, 5.41) is 6.71. The number of guanidine groups is 1. The number of nitrogens with zero attached hydrogens (tertiary/aromatic N) is 2. The van der Waals surface area contributed by atoms with Crippen molar-refractivity contribution in [1.29, 1.82) is 0 Å². The van der Waals surface area contributed by atoms with Gasteiger partial charge in [0.2, 0.25) is 0 Å². The number of anilines is 1. The lowest BCUT2D eigenvalue weighted by atomic mass is 10.3. The fourth-order valence-electron chi connectivity index (χ4n) is 1.35. The molecule has 102 valence electrons. The van der Waals surface area contributed by atoms with Crippen molar-refractivity contribution in [2.45, 2.75) is 6.54 Å². The fraction of sp³-hybridized carbons (Fsp3) is 0.167. The first kappa shape index (κ1) is 15.3. The van der Waals surface area contributed by atoms with Gasteiger partial charge in [-0.1, -0.05) is 5.16 Å².